The van der Waals surface area contributed by atoms with Crippen LogP contribution in [-0.4, -0.2) is 267 Å². The van der Waals surface area contributed by atoms with Crippen LogP contribution in [0, 0.1) is 11.8 Å². The Hall–Kier alpha value is -11.1. The van der Waals surface area contributed by atoms with Crippen molar-refractivity contribution in [3.63, 3.8) is 0 Å². The molecule has 109 heavy (non-hydrogen) atoms. The van der Waals surface area contributed by atoms with Gasteiger partial charge in [-0.05, 0) is 69.1 Å². The molecule has 40 heteroatoms. The number of ether oxygens (including phenoxy) is 2. The second-order valence-electron chi connectivity index (χ2n) is 26.6. The fourth-order valence-electron chi connectivity index (χ4n) is 11.4. The van der Waals surface area contributed by atoms with Crippen LogP contribution < -0.4 is 58.5 Å². The molecule has 13 atom stereocenters. The quantitative estimate of drug-likeness (QED) is 0.0227. The maximum atomic E-state index is 15.1. The summed E-state index contributed by atoms with van der Waals surface area (Å²) < 4.78 is 10.3. The fraction of sp³-hybridized carbons (Fsp3) is 0.638. The van der Waals surface area contributed by atoms with Gasteiger partial charge in [0.15, 0.2) is 6.10 Å². The number of carbonyl (C=O) groups excluding carboxylic acids is 15. The van der Waals surface area contributed by atoms with Crippen molar-refractivity contribution in [2.75, 3.05) is 46.9 Å². The molecule has 2 saturated heterocycles. The summed E-state index contributed by atoms with van der Waals surface area (Å²) in [6.45, 7) is 4.15. The van der Waals surface area contributed by atoms with Crippen molar-refractivity contribution in [1.82, 2.24) is 68.3 Å². The molecule has 3 rings (SSSR count). The highest BCUT2D eigenvalue weighted by Crippen LogP contribution is 2.22. The first kappa shape index (κ1) is 92.1. The summed E-state index contributed by atoms with van der Waals surface area (Å²) in [5.74, 6) is -26.5. The number of fused-ring (bicyclic) bond motifs is 1. The van der Waals surface area contributed by atoms with Crippen molar-refractivity contribution in [2.45, 2.75) is 223 Å². The first-order valence-corrected chi connectivity index (χ1v) is 35.8. The van der Waals surface area contributed by atoms with Crippen molar-refractivity contribution in [2.24, 2.45) is 11.8 Å². The lowest BCUT2D eigenvalue weighted by Crippen LogP contribution is -2.64. The molecule has 40 nitrogen and oxygen atoms in total. The lowest BCUT2D eigenvalue weighted by molar-refractivity contribution is -0.158. The summed E-state index contributed by atoms with van der Waals surface area (Å²) in [6.07, 6.45) is -4.05. The molecule has 0 aromatic heterocycles. The van der Waals surface area contributed by atoms with Gasteiger partial charge in [0.1, 0.15) is 72.8 Å². The number of amides is 13. The zero-order valence-corrected chi connectivity index (χ0v) is 61.9. The third-order valence-electron chi connectivity index (χ3n) is 17.8. The zero-order valence-electron chi connectivity index (χ0n) is 61.9. The van der Waals surface area contributed by atoms with Crippen LogP contribution in [0.1, 0.15) is 156 Å². The van der Waals surface area contributed by atoms with Crippen LogP contribution in [0.15, 0.2) is 24.3 Å². The number of likely N-dealkylation sites (N-methyl/N-ethyl adjacent to an activating group) is 1. The molecule has 0 bridgehead atoms. The summed E-state index contributed by atoms with van der Waals surface area (Å²) in [4.78, 5) is 259. The molecule has 2 fully saturated rings. The highest BCUT2D eigenvalue weighted by molar-refractivity contribution is 6.01. The van der Waals surface area contributed by atoms with Crippen molar-refractivity contribution in [3.05, 3.63) is 29.8 Å². The number of cyclic esters (lactones) is 1. The predicted octanol–water partition coefficient (Wildman–Crippen LogP) is -4.02. The molecule has 606 valence electrons. The number of carbonyl (C=O) groups is 19. The van der Waals surface area contributed by atoms with Crippen molar-refractivity contribution in [1.29, 1.82) is 0 Å². The molecule has 2 aliphatic rings. The van der Waals surface area contributed by atoms with Gasteiger partial charge >= 0.3 is 35.8 Å². The highest BCUT2D eigenvalue weighted by Gasteiger charge is 2.45. The van der Waals surface area contributed by atoms with Crippen molar-refractivity contribution < 1.29 is 131 Å². The summed E-state index contributed by atoms with van der Waals surface area (Å²) >= 11 is 0. The minimum absolute atomic E-state index is 0.0327. The normalized spacial score (nSPS) is 21.6. The Morgan fingerprint density at radius 3 is 1.83 bits per heavy atom. The van der Waals surface area contributed by atoms with Crippen LogP contribution >= 0.6 is 0 Å². The number of esters is 2. The van der Waals surface area contributed by atoms with E-state index in [2.05, 4.69) is 64.8 Å². The number of phenolic OH excluding ortho intramolecular Hbond substituents is 1. The number of unbranched alkanes of at least 4 members (excludes halogenated alkanes) is 6. The molecule has 1 aromatic rings. The van der Waals surface area contributed by atoms with Crippen molar-refractivity contribution in [3.8, 4) is 5.75 Å². The van der Waals surface area contributed by atoms with Gasteiger partial charge in [-0.15, -0.1) is 0 Å². The minimum Gasteiger partial charge on any atom is -0.508 e. The van der Waals surface area contributed by atoms with Gasteiger partial charge in [-0.25, -0.2) is 4.79 Å². The molecular formula is C69H103N13O27. The Morgan fingerprint density at radius 2 is 1.23 bits per heavy atom. The van der Waals surface area contributed by atoms with Gasteiger partial charge in [-0.1, -0.05) is 84.8 Å². The molecule has 0 spiro atoms. The first-order chi connectivity index (χ1) is 51.4. The molecule has 0 saturated carbocycles. The third kappa shape index (κ3) is 32.5. The molecule has 0 radical (unpaired) electrons. The molecule has 1 aromatic carbocycles. The Bertz CT molecular complexity index is 3410. The van der Waals surface area contributed by atoms with Gasteiger partial charge in [0.05, 0.1) is 32.5 Å². The number of methoxy groups -OCH3 is 1. The second kappa shape index (κ2) is 46.9. The van der Waals surface area contributed by atoms with Gasteiger partial charge < -0.3 is 108 Å². The van der Waals surface area contributed by atoms with Gasteiger partial charge in [-0.3, -0.25) is 86.3 Å². The number of carboxylic acid groups (broad SMARTS) is 4. The van der Waals surface area contributed by atoms with E-state index in [0.29, 0.717) is 11.3 Å². The molecule has 0 unspecified atom stereocenters. The van der Waals surface area contributed by atoms with Crippen LogP contribution in [0.5, 0.6) is 5.75 Å². The van der Waals surface area contributed by atoms with Gasteiger partial charge in [0.25, 0.3) is 0 Å². The number of benzene rings is 1. The lowest BCUT2D eigenvalue weighted by atomic mass is 9.96. The van der Waals surface area contributed by atoms with Crippen LogP contribution in [0.25, 0.3) is 0 Å². The maximum Gasteiger partial charge on any atom is 0.337 e. The third-order valence-corrected chi connectivity index (χ3v) is 17.8. The average Bonchev–Trinajstić information content (AvgIpc) is 1.76. The summed E-state index contributed by atoms with van der Waals surface area (Å²) in [5, 5.41) is 85.8. The molecular weight excluding hydrogens is 1440 g/mol. The van der Waals surface area contributed by atoms with E-state index in [0.717, 1.165) is 64.5 Å². The number of hydrogen-bond acceptors (Lipinski definition) is 23. The monoisotopic (exact) mass is 1550 g/mol. The van der Waals surface area contributed by atoms with Crippen molar-refractivity contribution >= 4 is 113 Å². The maximum absolute atomic E-state index is 15.1. The van der Waals surface area contributed by atoms with E-state index in [4.69, 9.17) is 4.74 Å². The fourth-order valence-corrected chi connectivity index (χ4v) is 11.4. The molecule has 2 heterocycles. The van der Waals surface area contributed by atoms with E-state index in [1.54, 1.807) is 0 Å². The van der Waals surface area contributed by atoms with Gasteiger partial charge in [-0.2, -0.15) is 0 Å². The van der Waals surface area contributed by atoms with Crippen LogP contribution in [0.2, 0.25) is 0 Å². The van der Waals surface area contributed by atoms with E-state index in [-0.39, 0.29) is 56.0 Å². The number of aromatic hydroxyl groups is 1. The van der Waals surface area contributed by atoms with Crippen LogP contribution in [0.4, 0.5) is 0 Å². The number of phenols is 1. The summed E-state index contributed by atoms with van der Waals surface area (Å²) in [6, 6.07) is -12.9. The van der Waals surface area contributed by atoms with Gasteiger partial charge in [0.2, 0.25) is 76.8 Å². The number of nitrogens with one attached hydrogen (secondary N) is 11. The number of carboxylic acids is 4. The highest BCUT2D eigenvalue weighted by atomic mass is 16.5. The lowest BCUT2D eigenvalue weighted by Gasteiger charge is -2.32. The van der Waals surface area contributed by atoms with E-state index >= 15 is 9.59 Å². The number of aliphatic hydroxyl groups is 1. The average molecular weight is 1550 g/mol. The smallest absolute Gasteiger partial charge is 0.337 e. The summed E-state index contributed by atoms with van der Waals surface area (Å²) in [5.41, 5.74) is 0.174. The Morgan fingerprint density at radius 1 is 0.633 bits per heavy atom. The Labute approximate surface area is 627 Å². The number of nitrogens with zero attached hydrogens (tertiary/aromatic N) is 2. The topological polar surface area (TPSA) is 603 Å². The van der Waals surface area contributed by atoms with E-state index in [9.17, 15) is 112 Å². The van der Waals surface area contributed by atoms with E-state index in [1.807, 2.05) is 5.32 Å². The molecule has 2 aliphatic heterocycles. The molecule has 0 aliphatic carbocycles. The van der Waals surface area contributed by atoms with Gasteiger partial charge in [0, 0.05) is 52.2 Å². The Kier molecular flexibility index (Phi) is 39.6. The van der Waals surface area contributed by atoms with E-state index in [1.165, 1.54) is 45.0 Å². The predicted molar refractivity (Wildman–Crippen MR) is 376 cm³/mol. The number of rotatable bonds is 35. The van der Waals surface area contributed by atoms with Crippen LogP contribution in [0.3, 0.4) is 0 Å². The van der Waals surface area contributed by atoms with E-state index < -0.39 is 256 Å². The SMILES string of the molecule is CCCCCCCCCC(=O)NC[C@@H](C)C(=O)NCC(=O)N[C@H](CCC(=O)O)C(=O)N[C@@H](Cc1ccc(O)cc1)C(=O)N[C@@H]1C(=O)N[C@H]([C@H](C)CC)C(=O)N[C@@H](CC(=O)O)C(=O)N[C@@H]([C@@H](O)C(=O)OC)C(=O)N2CCC[C@H]2C(=O)NCC(=O)N[C@H](CCC(=O)O)C(=O)N[C@@H](CCC(=O)O)C(=O)N(C)CC(=O)O[C@@H]1C. The number of aliphatic carboxylic acids is 4. The largest absolute Gasteiger partial charge is 0.508 e. The Balaban J connectivity index is 2.21. The minimum atomic E-state index is -2.62. The second-order valence-corrected chi connectivity index (χ2v) is 26.6. The standard InChI is InChI=1S/C69H103N13O27/c1-8-10-11-12-13-14-15-18-47(84)70-32-37(4)59(97)71-33-48(85)74-42(24-27-51(89)90)61(99)76-44(30-39-19-21-40(83)22-20-39)62(100)79-56-38(5)109-54(95)35-81(6)67(105)43(25-28-52(91)92)75-60(98)41(23-26-50(87)88)73-49(86)34-72-64(102)46-17-16-29-82(46)68(106)57(58(96)69(107)108-7)80-63(101)45(31-53(93)94)77-65(103)55(36(3)9-2)78-66(56)104/h19-22,36-38,41-46,55-58,83,96H,8-18,23-35H2,1-7H3,(H,70,84)(H,71,97)(H,72,102)(H,73,86)(H,74,85)(H,75,98)(H,76,99)(H,77,103)(H,78,104)(H,79,100)(H,80,101)(H,87,88)(H,89,90)(H,91,92)(H,93,94)/t36-,37-,38-,41-,42-,43+,44+,45+,46+,55-,56+,57+,58-/m1/s1. The number of aliphatic hydroxyl groups excluding tert-OH is 1. The zero-order chi connectivity index (χ0) is 81.8. The molecule has 13 amide bonds. The first-order valence-electron chi connectivity index (χ1n) is 35.8. The van der Waals surface area contributed by atoms with Crippen LogP contribution in [-0.2, 0) is 107 Å². The number of hydrogen-bond donors (Lipinski definition) is 17. The summed E-state index contributed by atoms with van der Waals surface area (Å²) in [7, 11) is 1.75. The molecule has 17 N–H and O–H groups in total.